The van der Waals surface area contributed by atoms with E-state index in [1.54, 1.807) is 10.6 Å². The second-order valence-corrected chi connectivity index (χ2v) is 5.68. The van der Waals surface area contributed by atoms with Crippen molar-refractivity contribution in [1.29, 1.82) is 0 Å². The third-order valence-corrected chi connectivity index (χ3v) is 3.77. The van der Waals surface area contributed by atoms with Crippen LogP contribution in [0.1, 0.15) is 5.56 Å². The summed E-state index contributed by atoms with van der Waals surface area (Å²) < 4.78 is 17.3. The number of halogens is 2. The van der Waals surface area contributed by atoms with Gasteiger partial charge < -0.3 is 4.98 Å². The van der Waals surface area contributed by atoms with Crippen LogP contribution in [0.25, 0.3) is 16.7 Å². The van der Waals surface area contributed by atoms with E-state index >= 15 is 0 Å². The van der Waals surface area contributed by atoms with E-state index in [4.69, 9.17) is 12.2 Å². The minimum absolute atomic E-state index is 0.281. The molecule has 0 amide bonds. The van der Waals surface area contributed by atoms with Gasteiger partial charge in [0, 0.05) is 4.47 Å². The molecule has 0 aliphatic rings. The fourth-order valence-electron chi connectivity index (χ4n) is 2.11. The SMILES string of the molecule is Cc1ccc(-n2c(=S)[nH]c3ccc(Br)cc32)c(F)c1. The molecule has 3 rings (SSSR count). The third kappa shape index (κ3) is 2.13. The predicted octanol–water partition coefficient (Wildman–Crippen LogP) is 4.90. The van der Waals surface area contributed by atoms with Crippen molar-refractivity contribution in [3.05, 3.63) is 57.0 Å². The average molecular weight is 337 g/mol. The van der Waals surface area contributed by atoms with E-state index in [9.17, 15) is 4.39 Å². The molecule has 2 nitrogen and oxygen atoms in total. The molecule has 1 N–H and O–H groups in total. The fraction of sp³-hybridized carbons (Fsp3) is 0.0714. The molecule has 0 aliphatic carbocycles. The first kappa shape index (κ1) is 12.6. The molecule has 0 saturated carbocycles. The topological polar surface area (TPSA) is 20.7 Å². The molecule has 0 atom stereocenters. The van der Waals surface area contributed by atoms with E-state index in [1.165, 1.54) is 6.07 Å². The summed E-state index contributed by atoms with van der Waals surface area (Å²) in [6, 6.07) is 10.9. The van der Waals surface area contributed by atoms with E-state index in [0.717, 1.165) is 21.1 Å². The van der Waals surface area contributed by atoms with Gasteiger partial charge in [0.2, 0.25) is 0 Å². The van der Waals surface area contributed by atoms with Crippen molar-refractivity contribution in [2.75, 3.05) is 0 Å². The van der Waals surface area contributed by atoms with Gasteiger partial charge in [0.25, 0.3) is 0 Å². The lowest BCUT2D eigenvalue weighted by molar-refractivity contribution is 0.617. The summed E-state index contributed by atoms with van der Waals surface area (Å²) in [5.74, 6) is -0.281. The molecule has 2 aromatic carbocycles. The van der Waals surface area contributed by atoms with Gasteiger partial charge in [-0.05, 0) is 55.0 Å². The van der Waals surface area contributed by atoms with E-state index in [1.807, 2.05) is 31.2 Å². The molecule has 96 valence electrons. The first-order valence-electron chi connectivity index (χ1n) is 5.73. The Morgan fingerprint density at radius 2 is 2.00 bits per heavy atom. The summed E-state index contributed by atoms with van der Waals surface area (Å²) in [6.45, 7) is 1.86. The molecule has 0 unspecified atom stereocenters. The van der Waals surface area contributed by atoms with Gasteiger partial charge in [-0.15, -0.1) is 0 Å². The van der Waals surface area contributed by atoms with Crippen LogP contribution in [0.4, 0.5) is 4.39 Å². The molecule has 0 radical (unpaired) electrons. The van der Waals surface area contributed by atoms with Crippen LogP contribution >= 0.6 is 28.1 Å². The van der Waals surface area contributed by atoms with Crippen molar-refractivity contribution in [2.24, 2.45) is 0 Å². The maximum Gasteiger partial charge on any atom is 0.182 e. The van der Waals surface area contributed by atoms with E-state index in [0.29, 0.717) is 10.5 Å². The Morgan fingerprint density at radius 3 is 2.74 bits per heavy atom. The number of aryl methyl sites for hydroxylation is 1. The highest BCUT2D eigenvalue weighted by Gasteiger charge is 2.11. The van der Waals surface area contributed by atoms with Gasteiger partial charge in [-0.1, -0.05) is 22.0 Å². The van der Waals surface area contributed by atoms with Gasteiger partial charge in [-0.3, -0.25) is 4.57 Å². The number of benzene rings is 2. The van der Waals surface area contributed by atoms with Crippen molar-refractivity contribution in [3.8, 4) is 5.69 Å². The van der Waals surface area contributed by atoms with Gasteiger partial charge in [-0.25, -0.2) is 4.39 Å². The highest BCUT2D eigenvalue weighted by Crippen LogP contribution is 2.25. The molecule has 5 heteroatoms. The van der Waals surface area contributed by atoms with Crippen molar-refractivity contribution >= 4 is 39.2 Å². The second-order valence-electron chi connectivity index (χ2n) is 4.38. The summed E-state index contributed by atoms with van der Waals surface area (Å²) in [5.41, 5.74) is 3.07. The Balaban J connectivity index is 2.38. The van der Waals surface area contributed by atoms with Crippen LogP contribution < -0.4 is 0 Å². The van der Waals surface area contributed by atoms with Gasteiger partial charge in [0.15, 0.2) is 4.77 Å². The highest BCUT2D eigenvalue weighted by atomic mass is 79.9. The molecule has 19 heavy (non-hydrogen) atoms. The molecular weight excluding hydrogens is 327 g/mol. The minimum Gasteiger partial charge on any atom is -0.330 e. The number of rotatable bonds is 1. The molecule has 0 fully saturated rings. The summed E-state index contributed by atoms with van der Waals surface area (Å²) in [6.07, 6.45) is 0. The van der Waals surface area contributed by atoms with Crippen molar-refractivity contribution in [3.63, 3.8) is 0 Å². The number of aromatic amines is 1. The van der Waals surface area contributed by atoms with Gasteiger partial charge in [-0.2, -0.15) is 0 Å². The van der Waals surface area contributed by atoms with Crippen molar-refractivity contribution in [2.45, 2.75) is 6.92 Å². The summed E-state index contributed by atoms with van der Waals surface area (Å²) in [7, 11) is 0. The average Bonchev–Trinajstić information content (AvgIpc) is 2.65. The van der Waals surface area contributed by atoms with Gasteiger partial charge in [0.1, 0.15) is 5.82 Å². The Bertz CT molecular complexity index is 835. The van der Waals surface area contributed by atoms with E-state index in [-0.39, 0.29) is 5.82 Å². The zero-order valence-electron chi connectivity index (χ0n) is 10.1. The van der Waals surface area contributed by atoms with Crippen LogP contribution in [-0.4, -0.2) is 9.55 Å². The highest BCUT2D eigenvalue weighted by molar-refractivity contribution is 9.10. The maximum atomic E-state index is 14.1. The lowest BCUT2D eigenvalue weighted by Crippen LogP contribution is -1.98. The summed E-state index contributed by atoms with van der Waals surface area (Å²) >= 11 is 8.72. The summed E-state index contributed by atoms with van der Waals surface area (Å²) in [5, 5.41) is 0. The monoisotopic (exact) mass is 336 g/mol. The molecule has 0 bridgehead atoms. The fourth-order valence-corrected chi connectivity index (χ4v) is 2.76. The van der Waals surface area contributed by atoms with E-state index in [2.05, 4.69) is 20.9 Å². The smallest absolute Gasteiger partial charge is 0.182 e. The van der Waals surface area contributed by atoms with E-state index < -0.39 is 0 Å². The van der Waals surface area contributed by atoms with Crippen LogP contribution in [0.3, 0.4) is 0 Å². The molecule has 0 spiro atoms. The molecular formula is C14H10BrFN2S. The number of aromatic nitrogens is 2. The molecule has 3 aromatic rings. The standard InChI is InChI=1S/C14H10BrFN2S/c1-8-2-5-12(10(16)6-8)18-13-7-9(15)3-4-11(13)17-14(18)19/h2-7H,1H3,(H,17,19). The number of hydrogen-bond donors (Lipinski definition) is 1. The van der Waals surface area contributed by atoms with Gasteiger partial charge in [0.05, 0.1) is 16.7 Å². The second kappa shape index (κ2) is 4.58. The number of imidazole rings is 1. The first-order valence-corrected chi connectivity index (χ1v) is 6.93. The zero-order valence-corrected chi connectivity index (χ0v) is 12.5. The largest absolute Gasteiger partial charge is 0.330 e. The third-order valence-electron chi connectivity index (χ3n) is 2.99. The van der Waals surface area contributed by atoms with Crippen molar-refractivity contribution < 1.29 is 4.39 Å². The first-order chi connectivity index (χ1) is 9.06. The van der Waals surface area contributed by atoms with Crippen LogP contribution in [-0.2, 0) is 0 Å². The molecule has 0 saturated heterocycles. The Labute approximate surface area is 123 Å². The zero-order chi connectivity index (χ0) is 13.6. The lowest BCUT2D eigenvalue weighted by atomic mass is 10.2. The minimum atomic E-state index is -0.281. The normalized spacial score (nSPS) is 11.1. The summed E-state index contributed by atoms with van der Waals surface area (Å²) in [4.78, 5) is 3.08. The maximum absolute atomic E-state index is 14.1. The lowest BCUT2D eigenvalue weighted by Gasteiger charge is -2.07. The number of nitrogens with one attached hydrogen (secondary N) is 1. The molecule has 1 heterocycles. The Hall–Kier alpha value is -1.46. The van der Waals surface area contributed by atoms with Gasteiger partial charge >= 0.3 is 0 Å². The van der Waals surface area contributed by atoms with Crippen molar-refractivity contribution in [1.82, 2.24) is 9.55 Å². The Kier molecular flexibility index (Phi) is 3.03. The van der Waals surface area contributed by atoms with Crippen LogP contribution in [0.5, 0.6) is 0 Å². The van der Waals surface area contributed by atoms with Crippen LogP contribution in [0.15, 0.2) is 40.9 Å². The van der Waals surface area contributed by atoms with Crippen LogP contribution in [0, 0.1) is 17.5 Å². The predicted molar refractivity (Wildman–Crippen MR) is 80.9 cm³/mol. The Morgan fingerprint density at radius 1 is 1.21 bits per heavy atom. The number of H-pyrrole nitrogens is 1. The number of hydrogen-bond acceptors (Lipinski definition) is 1. The van der Waals surface area contributed by atoms with Crippen LogP contribution in [0.2, 0.25) is 0 Å². The molecule has 1 aromatic heterocycles. The number of nitrogens with zero attached hydrogens (tertiary/aromatic N) is 1. The molecule has 0 aliphatic heterocycles. The quantitative estimate of drug-likeness (QED) is 0.627. The number of fused-ring (bicyclic) bond motifs is 1.